The van der Waals surface area contributed by atoms with Crippen LogP contribution in [0.5, 0.6) is 5.75 Å². The lowest BCUT2D eigenvalue weighted by molar-refractivity contribution is -0.156. The van der Waals surface area contributed by atoms with Crippen LogP contribution in [-0.2, 0) is 14.3 Å². The number of rotatable bonds is 6. The first kappa shape index (κ1) is 15.3. The van der Waals surface area contributed by atoms with Gasteiger partial charge in [0.05, 0.1) is 5.02 Å². The highest BCUT2D eigenvalue weighted by molar-refractivity contribution is 6.32. The SMILES string of the molecule is CCNC(=O)[C@H](C)OC(=O)COc1ccccc1Cl. The van der Waals surface area contributed by atoms with Crippen molar-refractivity contribution in [1.29, 1.82) is 0 Å². The molecular formula is C13H16ClNO4. The number of para-hydroxylation sites is 1. The fraction of sp³-hybridized carbons (Fsp3) is 0.385. The lowest BCUT2D eigenvalue weighted by atomic mass is 10.3. The minimum absolute atomic E-state index is 0.298. The van der Waals surface area contributed by atoms with Gasteiger partial charge in [0.1, 0.15) is 5.75 Å². The van der Waals surface area contributed by atoms with E-state index in [-0.39, 0.29) is 12.5 Å². The van der Waals surface area contributed by atoms with Gasteiger partial charge in [0, 0.05) is 6.54 Å². The summed E-state index contributed by atoms with van der Waals surface area (Å²) >= 11 is 5.86. The Morgan fingerprint density at radius 3 is 2.68 bits per heavy atom. The Kier molecular flexibility index (Phi) is 6.15. The minimum atomic E-state index is -0.845. The number of carbonyl (C=O) groups excluding carboxylic acids is 2. The molecule has 104 valence electrons. The molecule has 19 heavy (non-hydrogen) atoms. The smallest absolute Gasteiger partial charge is 0.344 e. The minimum Gasteiger partial charge on any atom is -0.480 e. The molecule has 1 N–H and O–H groups in total. The number of hydrogen-bond donors (Lipinski definition) is 1. The summed E-state index contributed by atoms with van der Waals surface area (Å²) in [7, 11) is 0. The van der Waals surface area contributed by atoms with Crippen molar-refractivity contribution in [3.63, 3.8) is 0 Å². The van der Waals surface area contributed by atoms with Crippen LogP contribution in [0.25, 0.3) is 0 Å². The maximum absolute atomic E-state index is 11.5. The number of likely N-dealkylation sites (N-methyl/N-ethyl adjacent to an activating group) is 1. The van der Waals surface area contributed by atoms with Crippen LogP contribution < -0.4 is 10.1 Å². The second kappa shape index (κ2) is 7.63. The highest BCUT2D eigenvalue weighted by atomic mass is 35.5. The van der Waals surface area contributed by atoms with Gasteiger partial charge in [-0.25, -0.2) is 4.79 Å². The van der Waals surface area contributed by atoms with Crippen LogP contribution in [0.3, 0.4) is 0 Å². The maximum atomic E-state index is 11.5. The summed E-state index contributed by atoms with van der Waals surface area (Å²) in [6.07, 6.45) is -0.845. The molecule has 6 heteroatoms. The number of hydrogen-bond acceptors (Lipinski definition) is 4. The topological polar surface area (TPSA) is 64.6 Å². The van der Waals surface area contributed by atoms with E-state index in [9.17, 15) is 9.59 Å². The van der Waals surface area contributed by atoms with Crippen LogP contribution in [0.1, 0.15) is 13.8 Å². The highest BCUT2D eigenvalue weighted by Crippen LogP contribution is 2.22. The van der Waals surface area contributed by atoms with E-state index in [1.54, 1.807) is 31.2 Å². The number of nitrogens with one attached hydrogen (secondary N) is 1. The van der Waals surface area contributed by atoms with Crippen LogP contribution in [0, 0.1) is 0 Å². The first-order valence-corrected chi connectivity index (χ1v) is 6.27. The van der Waals surface area contributed by atoms with Crippen molar-refractivity contribution in [2.45, 2.75) is 20.0 Å². The first-order valence-electron chi connectivity index (χ1n) is 5.89. The van der Waals surface area contributed by atoms with E-state index in [2.05, 4.69) is 5.32 Å². The van der Waals surface area contributed by atoms with Gasteiger partial charge in [0.25, 0.3) is 5.91 Å². The van der Waals surface area contributed by atoms with Crippen molar-refractivity contribution in [3.8, 4) is 5.75 Å². The lowest BCUT2D eigenvalue weighted by Gasteiger charge is -2.13. The predicted molar refractivity (Wildman–Crippen MR) is 71.2 cm³/mol. The van der Waals surface area contributed by atoms with Gasteiger partial charge in [0.2, 0.25) is 0 Å². The summed E-state index contributed by atoms with van der Waals surface area (Å²) in [5.74, 6) is -0.570. The van der Waals surface area contributed by atoms with Gasteiger partial charge in [-0.1, -0.05) is 23.7 Å². The second-order valence-corrected chi connectivity index (χ2v) is 4.15. The fourth-order valence-electron chi connectivity index (χ4n) is 1.30. The molecule has 0 aliphatic heterocycles. The van der Waals surface area contributed by atoms with Gasteiger partial charge in [-0.05, 0) is 26.0 Å². The van der Waals surface area contributed by atoms with E-state index in [4.69, 9.17) is 21.1 Å². The molecule has 1 amide bonds. The highest BCUT2D eigenvalue weighted by Gasteiger charge is 2.17. The van der Waals surface area contributed by atoms with Crippen molar-refractivity contribution < 1.29 is 19.1 Å². The van der Waals surface area contributed by atoms with Crippen molar-refractivity contribution in [2.75, 3.05) is 13.2 Å². The van der Waals surface area contributed by atoms with E-state index in [0.29, 0.717) is 17.3 Å². The maximum Gasteiger partial charge on any atom is 0.344 e. The Hall–Kier alpha value is -1.75. The van der Waals surface area contributed by atoms with Gasteiger partial charge in [-0.15, -0.1) is 0 Å². The monoisotopic (exact) mass is 285 g/mol. The van der Waals surface area contributed by atoms with Crippen molar-refractivity contribution in [3.05, 3.63) is 29.3 Å². The Morgan fingerprint density at radius 2 is 2.05 bits per heavy atom. The van der Waals surface area contributed by atoms with Crippen molar-refractivity contribution in [1.82, 2.24) is 5.32 Å². The molecule has 0 unspecified atom stereocenters. The third-order valence-electron chi connectivity index (χ3n) is 2.21. The number of esters is 1. The number of benzene rings is 1. The molecule has 5 nitrogen and oxygen atoms in total. The third-order valence-corrected chi connectivity index (χ3v) is 2.52. The average molecular weight is 286 g/mol. The largest absolute Gasteiger partial charge is 0.480 e. The standard InChI is InChI=1S/C13H16ClNO4/c1-3-15-13(17)9(2)19-12(16)8-18-11-7-5-4-6-10(11)14/h4-7,9H,3,8H2,1-2H3,(H,15,17)/t9-/m0/s1. The molecule has 0 saturated heterocycles. The number of amides is 1. The molecule has 0 aliphatic rings. The van der Waals surface area contributed by atoms with E-state index in [0.717, 1.165) is 0 Å². The molecule has 0 saturated carbocycles. The van der Waals surface area contributed by atoms with Crippen LogP contribution >= 0.6 is 11.6 Å². The van der Waals surface area contributed by atoms with E-state index in [1.807, 2.05) is 0 Å². The quantitative estimate of drug-likeness (QED) is 0.809. The second-order valence-electron chi connectivity index (χ2n) is 3.75. The summed E-state index contributed by atoms with van der Waals surface area (Å²) in [6.45, 7) is 3.47. The summed E-state index contributed by atoms with van der Waals surface area (Å²) in [4.78, 5) is 22.8. The van der Waals surface area contributed by atoms with Gasteiger partial charge in [-0.2, -0.15) is 0 Å². The Balaban J connectivity index is 2.40. The zero-order valence-corrected chi connectivity index (χ0v) is 11.6. The molecule has 0 aliphatic carbocycles. The first-order chi connectivity index (χ1) is 9.04. The van der Waals surface area contributed by atoms with Crippen LogP contribution in [0.15, 0.2) is 24.3 Å². The Morgan fingerprint density at radius 1 is 1.37 bits per heavy atom. The Bertz CT molecular complexity index is 450. The van der Waals surface area contributed by atoms with E-state index < -0.39 is 12.1 Å². The fourth-order valence-corrected chi connectivity index (χ4v) is 1.49. The molecule has 0 radical (unpaired) electrons. The molecule has 1 rings (SSSR count). The molecule has 1 aromatic rings. The Labute approximate surface area is 116 Å². The molecule has 1 aromatic carbocycles. The van der Waals surface area contributed by atoms with E-state index in [1.165, 1.54) is 6.92 Å². The van der Waals surface area contributed by atoms with Crippen LogP contribution in [-0.4, -0.2) is 31.1 Å². The normalized spacial score (nSPS) is 11.5. The zero-order chi connectivity index (χ0) is 14.3. The predicted octanol–water partition coefficient (Wildman–Crippen LogP) is 1.79. The summed E-state index contributed by atoms with van der Waals surface area (Å²) in [5, 5.41) is 2.96. The molecule has 0 bridgehead atoms. The van der Waals surface area contributed by atoms with E-state index >= 15 is 0 Å². The third kappa shape index (κ3) is 5.18. The average Bonchev–Trinajstić information content (AvgIpc) is 2.38. The molecule has 0 fully saturated rings. The summed E-state index contributed by atoms with van der Waals surface area (Å²) in [6, 6.07) is 6.79. The molecular weight excluding hydrogens is 270 g/mol. The van der Waals surface area contributed by atoms with Gasteiger partial charge in [-0.3, -0.25) is 4.79 Å². The number of ether oxygens (including phenoxy) is 2. The zero-order valence-electron chi connectivity index (χ0n) is 10.8. The molecule has 1 atom stereocenters. The number of carbonyl (C=O) groups is 2. The van der Waals surface area contributed by atoms with Crippen molar-refractivity contribution in [2.24, 2.45) is 0 Å². The lowest BCUT2D eigenvalue weighted by Crippen LogP contribution is -2.36. The summed E-state index contributed by atoms with van der Waals surface area (Å²) in [5.41, 5.74) is 0. The van der Waals surface area contributed by atoms with Gasteiger partial charge in [0.15, 0.2) is 12.7 Å². The van der Waals surface area contributed by atoms with Crippen molar-refractivity contribution >= 4 is 23.5 Å². The van der Waals surface area contributed by atoms with Crippen LogP contribution in [0.2, 0.25) is 5.02 Å². The molecule has 0 spiro atoms. The van der Waals surface area contributed by atoms with Gasteiger partial charge >= 0.3 is 5.97 Å². The molecule has 0 aromatic heterocycles. The number of halogens is 1. The van der Waals surface area contributed by atoms with Crippen LogP contribution in [0.4, 0.5) is 0 Å². The summed E-state index contributed by atoms with van der Waals surface area (Å²) < 4.78 is 10.1. The van der Waals surface area contributed by atoms with Gasteiger partial charge < -0.3 is 14.8 Å². The molecule has 0 heterocycles.